The molecule has 3 aromatic rings. The molecule has 0 unspecified atom stereocenters. The number of nitrogens with one attached hydrogen (secondary N) is 1. The number of hydrogen-bond acceptors (Lipinski definition) is 6. The fraction of sp³-hybridized carbons (Fsp3) is 0.379. The molecule has 0 saturated carbocycles. The van der Waals surface area contributed by atoms with Crippen LogP contribution in [-0.4, -0.2) is 85.4 Å². The highest BCUT2D eigenvalue weighted by Gasteiger charge is 2.38. The number of rotatable bonds is 7. The lowest BCUT2D eigenvalue weighted by molar-refractivity contribution is -0.138. The number of aromatic nitrogens is 1. The molecule has 1 aromatic heterocycles. The van der Waals surface area contributed by atoms with Gasteiger partial charge in [0, 0.05) is 54.0 Å². The van der Waals surface area contributed by atoms with Gasteiger partial charge in [-0.05, 0) is 37.2 Å². The molecule has 2 aliphatic rings. The van der Waals surface area contributed by atoms with Crippen LogP contribution in [0.3, 0.4) is 0 Å². The van der Waals surface area contributed by atoms with Gasteiger partial charge in [0.15, 0.2) is 5.78 Å². The highest BCUT2D eigenvalue weighted by molar-refractivity contribution is 6.59. The van der Waals surface area contributed by atoms with E-state index in [-0.39, 0.29) is 47.0 Å². The van der Waals surface area contributed by atoms with E-state index >= 15 is 0 Å². The Hall–Kier alpha value is -3.74. The third kappa shape index (κ3) is 6.35. The number of halogens is 2. The zero-order valence-electron chi connectivity index (χ0n) is 23.3. The largest absolute Gasteiger partial charge is 0.415 e. The number of benzene rings is 2. The Labute approximate surface area is 248 Å². The van der Waals surface area contributed by atoms with Crippen LogP contribution in [0.15, 0.2) is 42.6 Å². The molecule has 13 heteroatoms. The second-order valence-corrected chi connectivity index (χ2v) is 13.5. The van der Waals surface area contributed by atoms with E-state index in [9.17, 15) is 23.6 Å². The van der Waals surface area contributed by atoms with E-state index < -0.39 is 26.7 Å². The molecule has 2 saturated heterocycles. The first-order chi connectivity index (χ1) is 20.1. The minimum absolute atomic E-state index is 0.0234. The molecular formula is C29H31ClFN4O6Si. The van der Waals surface area contributed by atoms with E-state index in [0.717, 1.165) is 0 Å². The van der Waals surface area contributed by atoms with Crippen molar-refractivity contribution in [2.75, 3.05) is 32.5 Å². The fourth-order valence-electron chi connectivity index (χ4n) is 5.29. The molecule has 1 atom stereocenters. The third-order valence-corrected chi connectivity index (χ3v) is 9.73. The molecule has 1 radical (unpaired) electrons. The summed E-state index contributed by atoms with van der Waals surface area (Å²) >= 11 is 5.85. The topological polar surface area (TPSA) is 110 Å². The Kier molecular flexibility index (Phi) is 8.95. The summed E-state index contributed by atoms with van der Waals surface area (Å²) in [6.45, 7) is 5.13. The van der Waals surface area contributed by atoms with Crippen LogP contribution in [0.4, 0.5) is 9.18 Å². The van der Waals surface area contributed by atoms with Crippen molar-refractivity contribution >= 4 is 55.0 Å². The monoisotopic (exact) mass is 613 g/mol. The van der Waals surface area contributed by atoms with Gasteiger partial charge in [0.05, 0.1) is 27.0 Å². The van der Waals surface area contributed by atoms with Crippen molar-refractivity contribution in [3.63, 3.8) is 0 Å². The number of ether oxygens (including phenoxy) is 2. The first kappa shape index (κ1) is 29.7. The average Bonchev–Trinajstić information content (AvgIpc) is 3.54. The number of carbonyl (C=O) groups is 4. The SMILES string of the molecule is CC(=O)c1cn(CC(=O)N2C[Si](C)C[C@H]2C(=O)NCc2cccc(Cl)c2F)c2ccc(OC(=O)N3CCOCC3)cc12. The maximum absolute atomic E-state index is 14.3. The molecule has 221 valence electrons. The van der Waals surface area contributed by atoms with Crippen molar-refractivity contribution in [2.45, 2.75) is 38.6 Å². The highest BCUT2D eigenvalue weighted by Crippen LogP contribution is 2.28. The Morgan fingerprint density at radius 2 is 1.93 bits per heavy atom. The van der Waals surface area contributed by atoms with Crippen LogP contribution >= 0.6 is 11.6 Å². The molecule has 2 aromatic carbocycles. The standard InChI is InChI=1S/C29H31ClFN4O6Si/c1-18(36)22-14-34(24-7-6-20(12-21(22)24)41-29(39)33-8-10-40-11-9-33)15-26(37)35-17-42(2)16-25(35)28(38)32-13-19-4-3-5-23(30)27(19)31/h3-7,12,14,25H,8-11,13,15-17H2,1-2H3,(H,32,38)/t25-/m0/s1. The Bertz CT molecular complexity index is 1540. The number of fused-ring (bicyclic) bond motifs is 1. The van der Waals surface area contributed by atoms with E-state index in [1.165, 1.54) is 13.0 Å². The van der Waals surface area contributed by atoms with Crippen molar-refractivity contribution in [1.82, 2.24) is 19.7 Å². The van der Waals surface area contributed by atoms with E-state index in [0.29, 0.717) is 55.0 Å². The second-order valence-electron chi connectivity index (χ2n) is 10.5. The molecule has 42 heavy (non-hydrogen) atoms. The van der Waals surface area contributed by atoms with Crippen LogP contribution in [0.5, 0.6) is 5.75 Å². The molecule has 2 fully saturated rings. The molecule has 1 N–H and O–H groups in total. The van der Waals surface area contributed by atoms with Gasteiger partial charge in [-0.3, -0.25) is 14.4 Å². The minimum Gasteiger partial charge on any atom is -0.410 e. The first-order valence-electron chi connectivity index (χ1n) is 13.6. The number of Topliss-reactive ketones (excluding diaryl/α,β-unsaturated/α-hetero) is 1. The van der Waals surface area contributed by atoms with Gasteiger partial charge in [-0.15, -0.1) is 0 Å². The van der Waals surface area contributed by atoms with Crippen molar-refractivity contribution < 1.29 is 33.0 Å². The van der Waals surface area contributed by atoms with Crippen LogP contribution in [-0.2, 0) is 27.4 Å². The Balaban J connectivity index is 1.31. The summed E-state index contributed by atoms with van der Waals surface area (Å²) in [6, 6.07) is 9.46. The summed E-state index contributed by atoms with van der Waals surface area (Å²) in [7, 11) is -0.982. The number of ketones is 1. The van der Waals surface area contributed by atoms with Gasteiger partial charge in [0.2, 0.25) is 11.8 Å². The summed E-state index contributed by atoms with van der Waals surface area (Å²) in [6.07, 6.45) is 1.61. The summed E-state index contributed by atoms with van der Waals surface area (Å²) in [5.41, 5.74) is 1.28. The zero-order chi connectivity index (χ0) is 30.0. The van der Waals surface area contributed by atoms with Crippen LogP contribution in [0.2, 0.25) is 17.6 Å². The lowest BCUT2D eigenvalue weighted by Crippen LogP contribution is -2.46. The molecule has 3 heterocycles. The van der Waals surface area contributed by atoms with Crippen molar-refractivity contribution in [3.8, 4) is 5.75 Å². The minimum atomic E-state index is -0.982. The van der Waals surface area contributed by atoms with Gasteiger partial charge >= 0.3 is 6.09 Å². The quantitative estimate of drug-likeness (QED) is 0.322. The third-order valence-electron chi connectivity index (χ3n) is 7.48. The molecule has 0 aliphatic carbocycles. The Morgan fingerprint density at radius 1 is 1.17 bits per heavy atom. The number of nitrogens with zero attached hydrogens (tertiary/aromatic N) is 3. The normalized spacial score (nSPS) is 17.5. The molecule has 3 amide bonds. The molecule has 0 bridgehead atoms. The average molecular weight is 614 g/mol. The van der Waals surface area contributed by atoms with Crippen LogP contribution in [0, 0.1) is 5.82 Å². The smallest absolute Gasteiger partial charge is 0.410 e. The molecule has 10 nitrogen and oxygen atoms in total. The number of carbonyl (C=O) groups excluding carboxylic acids is 4. The van der Waals surface area contributed by atoms with Crippen LogP contribution < -0.4 is 10.1 Å². The van der Waals surface area contributed by atoms with Gasteiger partial charge in [0.1, 0.15) is 24.2 Å². The van der Waals surface area contributed by atoms with Gasteiger partial charge in [-0.25, -0.2) is 9.18 Å². The summed E-state index contributed by atoms with van der Waals surface area (Å²) in [4.78, 5) is 54.9. The predicted molar refractivity (Wildman–Crippen MR) is 156 cm³/mol. The zero-order valence-corrected chi connectivity index (χ0v) is 25.1. The molecule has 5 rings (SSSR count). The lowest BCUT2D eigenvalue weighted by atomic mass is 10.1. The fourth-order valence-corrected chi connectivity index (χ4v) is 7.65. The van der Waals surface area contributed by atoms with E-state index in [1.807, 2.05) is 0 Å². The summed E-state index contributed by atoms with van der Waals surface area (Å²) in [5.74, 6) is -1.11. The van der Waals surface area contributed by atoms with Gasteiger partial charge in [-0.1, -0.05) is 30.3 Å². The van der Waals surface area contributed by atoms with Crippen LogP contribution in [0.1, 0.15) is 22.8 Å². The summed E-state index contributed by atoms with van der Waals surface area (Å²) < 4.78 is 26.8. The molecule has 0 spiro atoms. The summed E-state index contributed by atoms with van der Waals surface area (Å²) in [5, 5.41) is 3.29. The predicted octanol–water partition coefficient (Wildman–Crippen LogP) is 3.66. The lowest BCUT2D eigenvalue weighted by Gasteiger charge is -2.25. The maximum atomic E-state index is 14.3. The maximum Gasteiger partial charge on any atom is 0.415 e. The van der Waals surface area contributed by atoms with Gasteiger partial charge in [-0.2, -0.15) is 0 Å². The van der Waals surface area contributed by atoms with Crippen molar-refractivity contribution in [1.29, 1.82) is 0 Å². The van der Waals surface area contributed by atoms with Crippen LogP contribution in [0.25, 0.3) is 10.9 Å². The number of hydrogen-bond donors (Lipinski definition) is 1. The Morgan fingerprint density at radius 3 is 2.67 bits per heavy atom. The van der Waals surface area contributed by atoms with E-state index in [2.05, 4.69) is 11.9 Å². The molecular weight excluding hydrogens is 583 g/mol. The van der Waals surface area contributed by atoms with Gasteiger partial charge in [0.25, 0.3) is 0 Å². The van der Waals surface area contributed by atoms with Crippen molar-refractivity contribution in [2.24, 2.45) is 0 Å². The molecule has 2 aliphatic heterocycles. The van der Waals surface area contributed by atoms with Gasteiger partial charge < -0.3 is 29.2 Å². The van der Waals surface area contributed by atoms with E-state index in [4.69, 9.17) is 21.1 Å². The first-order valence-corrected chi connectivity index (χ1v) is 16.4. The highest BCUT2D eigenvalue weighted by atomic mass is 35.5. The number of amides is 3. The number of morpholine rings is 1. The second kappa shape index (κ2) is 12.6. The van der Waals surface area contributed by atoms with Crippen molar-refractivity contribution in [3.05, 3.63) is 64.6 Å². The van der Waals surface area contributed by atoms with E-state index in [1.54, 1.807) is 50.9 Å².